The predicted molar refractivity (Wildman–Crippen MR) is 102 cm³/mol. The highest BCUT2D eigenvalue weighted by Gasteiger charge is 2.32. The summed E-state index contributed by atoms with van der Waals surface area (Å²) in [6.45, 7) is 2.21. The zero-order chi connectivity index (χ0) is 19.6. The van der Waals surface area contributed by atoms with Crippen molar-refractivity contribution in [2.24, 2.45) is 10.7 Å². The van der Waals surface area contributed by atoms with Crippen molar-refractivity contribution in [2.75, 3.05) is 21.3 Å². The van der Waals surface area contributed by atoms with Crippen LogP contribution in [0.15, 0.2) is 35.1 Å². The molecule has 0 unspecified atom stereocenters. The van der Waals surface area contributed by atoms with E-state index in [9.17, 15) is 4.79 Å². The normalized spacial score (nSPS) is 14.0. The second-order valence-corrected chi connectivity index (χ2v) is 5.93. The van der Waals surface area contributed by atoms with Crippen molar-refractivity contribution in [3.05, 3.63) is 46.9 Å². The highest BCUT2D eigenvalue weighted by molar-refractivity contribution is 6.03. The summed E-state index contributed by atoms with van der Waals surface area (Å²) >= 11 is 0. The van der Waals surface area contributed by atoms with Crippen LogP contribution in [0, 0.1) is 6.92 Å². The van der Waals surface area contributed by atoms with Crippen LogP contribution in [0.1, 0.15) is 21.6 Å². The van der Waals surface area contributed by atoms with E-state index in [0.29, 0.717) is 41.0 Å². The summed E-state index contributed by atoms with van der Waals surface area (Å²) < 4.78 is 10.5. The van der Waals surface area contributed by atoms with Gasteiger partial charge >= 0.3 is 0 Å². The van der Waals surface area contributed by atoms with Gasteiger partial charge in [0.2, 0.25) is 11.8 Å². The molecule has 0 atom stereocenters. The number of aliphatic imine (C=N–C) groups is 1. The number of amides is 1. The number of allylic oxidation sites excluding steroid dienone is 1. The van der Waals surface area contributed by atoms with Gasteiger partial charge in [0.1, 0.15) is 0 Å². The fraction of sp³-hybridized carbons (Fsp3) is 0.263. The van der Waals surface area contributed by atoms with Crippen molar-refractivity contribution >= 4 is 12.1 Å². The minimum atomic E-state index is -0.141. The first-order valence-electron chi connectivity index (χ1n) is 8.29. The molecule has 1 aliphatic rings. The third-order valence-electron chi connectivity index (χ3n) is 4.32. The number of hydrogen-bond donors (Lipinski definition) is 1. The van der Waals surface area contributed by atoms with Crippen LogP contribution < -0.4 is 15.2 Å². The summed E-state index contributed by atoms with van der Waals surface area (Å²) in [5.41, 5.74) is 9.67. The zero-order valence-electron chi connectivity index (χ0n) is 15.7. The average Bonchev–Trinajstić information content (AvgIpc) is 3.02. The van der Waals surface area contributed by atoms with Gasteiger partial charge in [-0.05, 0) is 24.6 Å². The van der Waals surface area contributed by atoms with Crippen molar-refractivity contribution in [3.63, 3.8) is 0 Å². The van der Waals surface area contributed by atoms with Crippen LogP contribution in [0.25, 0.3) is 11.3 Å². The molecule has 0 bridgehead atoms. The summed E-state index contributed by atoms with van der Waals surface area (Å²) in [5.74, 6) is 0.715. The van der Waals surface area contributed by atoms with Gasteiger partial charge in [-0.15, -0.1) is 0 Å². The van der Waals surface area contributed by atoms with Gasteiger partial charge in [0.05, 0.1) is 49.0 Å². The number of carbonyl (C=O) groups is 1. The number of ether oxygens (including phenoxy) is 2. The van der Waals surface area contributed by atoms with Gasteiger partial charge in [-0.2, -0.15) is 4.98 Å². The van der Waals surface area contributed by atoms with Crippen LogP contribution in [0.4, 0.5) is 0 Å². The quantitative estimate of drug-likeness (QED) is 0.810. The van der Waals surface area contributed by atoms with E-state index in [0.717, 1.165) is 11.1 Å². The third kappa shape index (κ3) is 3.21. The molecule has 8 nitrogen and oxygen atoms in total. The molecule has 8 heteroatoms. The molecular formula is C19H21N5O3. The second kappa shape index (κ2) is 7.45. The molecule has 2 aromatic rings. The molecule has 1 amide bonds. The molecule has 27 heavy (non-hydrogen) atoms. The summed E-state index contributed by atoms with van der Waals surface area (Å²) in [4.78, 5) is 27.3. The Hall–Kier alpha value is -3.42. The number of aromatic nitrogens is 2. The minimum absolute atomic E-state index is 0.141. The van der Waals surface area contributed by atoms with Crippen molar-refractivity contribution in [3.8, 4) is 23.0 Å². The third-order valence-corrected chi connectivity index (χ3v) is 4.32. The van der Waals surface area contributed by atoms with Crippen molar-refractivity contribution in [1.29, 1.82) is 0 Å². The van der Waals surface area contributed by atoms with E-state index in [1.165, 1.54) is 6.20 Å². The van der Waals surface area contributed by atoms with Crippen LogP contribution in [-0.2, 0) is 6.54 Å². The number of hydrogen-bond acceptors (Lipinski definition) is 7. The van der Waals surface area contributed by atoms with Crippen LogP contribution in [-0.4, -0.2) is 48.3 Å². The number of rotatable bonds is 5. The second-order valence-electron chi connectivity index (χ2n) is 5.93. The molecule has 0 aromatic carbocycles. The van der Waals surface area contributed by atoms with Crippen LogP contribution in [0.3, 0.4) is 0 Å². The number of carbonyl (C=O) groups excluding carboxylic acids is 1. The Morgan fingerprint density at radius 1 is 1.30 bits per heavy atom. The largest absolute Gasteiger partial charge is 0.481 e. The van der Waals surface area contributed by atoms with E-state index < -0.39 is 0 Å². The fourth-order valence-electron chi connectivity index (χ4n) is 3.07. The van der Waals surface area contributed by atoms with Gasteiger partial charge in [-0.1, -0.05) is 0 Å². The molecule has 0 fully saturated rings. The molecule has 3 rings (SSSR count). The highest BCUT2D eigenvalue weighted by atomic mass is 16.5. The number of nitrogens with zero attached hydrogens (tertiary/aromatic N) is 4. The molecule has 140 valence electrons. The van der Waals surface area contributed by atoms with Crippen molar-refractivity contribution in [2.45, 2.75) is 13.5 Å². The van der Waals surface area contributed by atoms with Crippen LogP contribution in [0.2, 0.25) is 0 Å². The van der Waals surface area contributed by atoms with E-state index in [4.69, 9.17) is 20.2 Å². The first-order chi connectivity index (χ1) is 13.0. The lowest BCUT2D eigenvalue weighted by atomic mass is 10.0. The summed E-state index contributed by atoms with van der Waals surface area (Å²) in [7, 11) is 4.71. The van der Waals surface area contributed by atoms with E-state index >= 15 is 0 Å². The minimum Gasteiger partial charge on any atom is -0.481 e. The Balaban J connectivity index is 2.06. The highest BCUT2D eigenvalue weighted by Crippen LogP contribution is 2.34. The fourth-order valence-corrected chi connectivity index (χ4v) is 3.07. The maximum Gasteiger partial charge on any atom is 0.260 e. The van der Waals surface area contributed by atoms with Crippen molar-refractivity contribution < 1.29 is 14.3 Å². The lowest BCUT2D eigenvalue weighted by Gasteiger charge is -2.15. The number of pyridine rings is 2. The maximum absolute atomic E-state index is 12.8. The van der Waals surface area contributed by atoms with Gasteiger partial charge < -0.3 is 15.2 Å². The smallest absolute Gasteiger partial charge is 0.260 e. The van der Waals surface area contributed by atoms with Crippen molar-refractivity contribution in [1.82, 2.24) is 14.9 Å². The summed E-state index contributed by atoms with van der Waals surface area (Å²) in [5, 5.41) is 0. The predicted octanol–water partition coefficient (Wildman–Crippen LogP) is 1.93. The molecule has 0 spiro atoms. The SMILES string of the molecule is CN=C/C(=C\N)N1Cc2nc(-c3ccc(OC)nc3OC)cc(C)c2C1=O. The molecule has 0 aliphatic carbocycles. The Morgan fingerprint density at radius 3 is 2.70 bits per heavy atom. The molecule has 2 aromatic heterocycles. The number of aryl methyl sites for hydroxylation is 1. The average molecular weight is 367 g/mol. The standard InChI is InChI=1S/C19H21N5O3/c1-11-7-14(13-5-6-16(26-3)23-18(13)27-4)22-15-10-24(19(25)17(11)15)12(8-20)9-21-2/h5-9H,10,20H2,1-4H3/b12-8+,21-9?. The molecule has 3 heterocycles. The van der Waals surface area contributed by atoms with Gasteiger partial charge in [0, 0.05) is 25.5 Å². The topological polar surface area (TPSA) is 103 Å². The lowest BCUT2D eigenvalue weighted by Crippen LogP contribution is -2.25. The first kappa shape index (κ1) is 18.4. The Bertz CT molecular complexity index is 953. The Morgan fingerprint density at radius 2 is 2.07 bits per heavy atom. The van der Waals surface area contributed by atoms with E-state index in [2.05, 4.69) is 9.98 Å². The summed E-state index contributed by atoms with van der Waals surface area (Å²) in [6, 6.07) is 5.43. The first-order valence-corrected chi connectivity index (χ1v) is 8.29. The monoisotopic (exact) mass is 367 g/mol. The molecule has 0 radical (unpaired) electrons. The van der Waals surface area contributed by atoms with Crippen LogP contribution in [0.5, 0.6) is 11.8 Å². The number of fused-ring (bicyclic) bond motifs is 1. The van der Waals surface area contributed by atoms with E-state index in [1.807, 2.05) is 19.1 Å². The molecule has 0 saturated heterocycles. The van der Waals surface area contributed by atoms with Gasteiger partial charge in [-0.25, -0.2) is 4.98 Å². The van der Waals surface area contributed by atoms with Gasteiger partial charge in [0.15, 0.2) is 0 Å². The van der Waals surface area contributed by atoms with Gasteiger partial charge in [-0.3, -0.25) is 14.7 Å². The number of methoxy groups -OCH3 is 2. The molecule has 1 aliphatic heterocycles. The maximum atomic E-state index is 12.8. The zero-order valence-corrected chi connectivity index (χ0v) is 15.7. The van der Waals surface area contributed by atoms with E-state index in [-0.39, 0.29) is 5.91 Å². The van der Waals surface area contributed by atoms with E-state index in [1.54, 1.807) is 38.4 Å². The Kier molecular flexibility index (Phi) is 5.07. The Labute approximate surface area is 157 Å². The van der Waals surface area contributed by atoms with Gasteiger partial charge in [0.25, 0.3) is 5.91 Å². The van der Waals surface area contributed by atoms with Crippen LogP contribution >= 0.6 is 0 Å². The molecule has 2 N–H and O–H groups in total. The molecule has 0 saturated carbocycles. The number of nitrogens with two attached hydrogens (primary N) is 1. The lowest BCUT2D eigenvalue weighted by molar-refractivity contribution is 0.0834. The molecular weight excluding hydrogens is 346 g/mol. The summed E-state index contributed by atoms with van der Waals surface area (Å²) in [6.07, 6.45) is 2.92.